The molecule has 1 amide bonds. The lowest BCUT2D eigenvalue weighted by atomic mass is 9.93. The van der Waals surface area contributed by atoms with Crippen molar-refractivity contribution in [2.75, 3.05) is 18.4 Å². The van der Waals surface area contributed by atoms with Crippen molar-refractivity contribution in [1.29, 1.82) is 0 Å². The van der Waals surface area contributed by atoms with Gasteiger partial charge in [0.15, 0.2) is 0 Å². The van der Waals surface area contributed by atoms with Crippen LogP contribution >= 0.6 is 0 Å². The summed E-state index contributed by atoms with van der Waals surface area (Å²) in [7, 11) is 0. The van der Waals surface area contributed by atoms with Gasteiger partial charge in [-0.3, -0.25) is 14.8 Å². The molecule has 1 unspecified atom stereocenters. The summed E-state index contributed by atoms with van der Waals surface area (Å²) in [5, 5.41) is 3.29. The Morgan fingerprint density at radius 2 is 2.07 bits per heavy atom. The molecule has 5 nitrogen and oxygen atoms in total. The standard InChI is InChI=1S/C23H23FN4O/c1-16(29)28-10-4-6-18(15-28)23-13-21(26-20-8-2-7-19(24)11-20)12-22(27-23)17-5-3-9-25-14-17/h2-3,5,7-9,11-14,18H,4,6,10,15H2,1H3,(H,26,27). The van der Waals surface area contributed by atoms with Gasteiger partial charge in [0.2, 0.25) is 5.91 Å². The third-order valence-corrected chi connectivity index (χ3v) is 5.20. The van der Waals surface area contributed by atoms with E-state index in [9.17, 15) is 9.18 Å². The molecule has 3 aromatic rings. The summed E-state index contributed by atoms with van der Waals surface area (Å²) in [6.45, 7) is 3.07. The molecule has 4 rings (SSSR count). The number of amides is 1. The number of halogens is 1. The normalized spacial score (nSPS) is 16.5. The van der Waals surface area contributed by atoms with Crippen molar-refractivity contribution in [2.45, 2.75) is 25.7 Å². The first kappa shape index (κ1) is 19.1. The number of aromatic nitrogens is 2. The van der Waals surface area contributed by atoms with Crippen molar-refractivity contribution in [3.8, 4) is 11.3 Å². The van der Waals surface area contributed by atoms with E-state index in [0.717, 1.165) is 42.0 Å². The van der Waals surface area contributed by atoms with Crippen molar-refractivity contribution >= 4 is 17.3 Å². The molecule has 1 N–H and O–H groups in total. The Labute approximate surface area is 169 Å². The Hall–Kier alpha value is -3.28. The first-order chi connectivity index (χ1) is 14.1. The summed E-state index contributed by atoms with van der Waals surface area (Å²) in [4.78, 5) is 22.8. The van der Waals surface area contributed by atoms with Gasteiger partial charge in [0.25, 0.3) is 0 Å². The molecule has 1 aliphatic rings. The second-order valence-electron chi connectivity index (χ2n) is 7.35. The summed E-state index contributed by atoms with van der Waals surface area (Å²) < 4.78 is 13.6. The zero-order chi connectivity index (χ0) is 20.2. The van der Waals surface area contributed by atoms with Gasteiger partial charge in [-0.25, -0.2) is 4.39 Å². The van der Waals surface area contributed by atoms with Crippen molar-refractivity contribution < 1.29 is 9.18 Å². The Morgan fingerprint density at radius 1 is 1.17 bits per heavy atom. The second-order valence-corrected chi connectivity index (χ2v) is 7.35. The van der Waals surface area contributed by atoms with Crippen LogP contribution in [-0.4, -0.2) is 33.9 Å². The minimum Gasteiger partial charge on any atom is -0.355 e. The van der Waals surface area contributed by atoms with Crippen LogP contribution in [0.3, 0.4) is 0 Å². The number of hydrogen-bond acceptors (Lipinski definition) is 4. The molecule has 3 heterocycles. The molecule has 1 saturated heterocycles. The van der Waals surface area contributed by atoms with Crippen molar-refractivity contribution in [1.82, 2.24) is 14.9 Å². The smallest absolute Gasteiger partial charge is 0.219 e. The van der Waals surface area contributed by atoms with Gasteiger partial charge in [0.1, 0.15) is 5.82 Å². The Bertz CT molecular complexity index is 1010. The van der Waals surface area contributed by atoms with E-state index in [1.807, 2.05) is 35.2 Å². The van der Waals surface area contributed by atoms with Gasteiger partial charge >= 0.3 is 0 Å². The van der Waals surface area contributed by atoms with Gasteiger partial charge in [0, 0.05) is 61.0 Å². The molecule has 0 saturated carbocycles. The summed E-state index contributed by atoms with van der Waals surface area (Å²) in [6.07, 6.45) is 5.44. The van der Waals surface area contributed by atoms with Gasteiger partial charge in [-0.2, -0.15) is 0 Å². The maximum Gasteiger partial charge on any atom is 0.219 e. The first-order valence-corrected chi connectivity index (χ1v) is 9.79. The van der Waals surface area contributed by atoms with Crippen LogP contribution in [0.4, 0.5) is 15.8 Å². The predicted molar refractivity (Wildman–Crippen MR) is 111 cm³/mol. The third-order valence-electron chi connectivity index (χ3n) is 5.20. The molecule has 1 atom stereocenters. The molecule has 0 bridgehead atoms. The Kier molecular flexibility index (Phi) is 5.51. The second kappa shape index (κ2) is 8.39. The van der Waals surface area contributed by atoms with Crippen LogP contribution in [0.1, 0.15) is 31.4 Å². The van der Waals surface area contributed by atoms with Crippen LogP contribution in [0.15, 0.2) is 60.9 Å². The lowest BCUT2D eigenvalue weighted by molar-refractivity contribution is -0.130. The molecule has 2 aromatic heterocycles. The van der Waals surface area contributed by atoms with Crippen LogP contribution in [0.2, 0.25) is 0 Å². The highest BCUT2D eigenvalue weighted by atomic mass is 19.1. The van der Waals surface area contributed by atoms with Crippen molar-refractivity contribution in [2.24, 2.45) is 0 Å². The minimum atomic E-state index is -0.291. The zero-order valence-corrected chi connectivity index (χ0v) is 16.3. The van der Waals surface area contributed by atoms with Crippen LogP contribution in [0, 0.1) is 5.82 Å². The molecule has 148 valence electrons. The van der Waals surface area contributed by atoms with E-state index < -0.39 is 0 Å². The number of anilines is 2. The highest BCUT2D eigenvalue weighted by Gasteiger charge is 2.24. The van der Waals surface area contributed by atoms with Crippen LogP contribution in [-0.2, 0) is 4.79 Å². The third kappa shape index (κ3) is 4.59. The van der Waals surface area contributed by atoms with E-state index in [1.54, 1.807) is 25.4 Å². The summed E-state index contributed by atoms with van der Waals surface area (Å²) in [6, 6.07) is 14.2. The Morgan fingerprint density at radius 3 is 2.83 bits per heavy atom. The number of pyridine rings is 2. The fraction of sp³-hybridized carbons (Fsp3) is 0.261. The lowest BCUT2D eigenvalue weighted by Crippen LogP contribution is -2.37. The molecule has 1 fully saturated rings. The van der Waals surface area contributed by atoms with Crippen molar-refractivity contribution in [3.05, 3.63) is 72.4 Å². The molecule has 1 aliphatic heterocycles. The predicted octanol–water partition coefficient (Wildman–Crippen LogP) is 4.75. The fourth-order valence-electron chi connectivity index (χ4n) is 3.73. The molecule has 0 spiro atoms. The van der Waals surface area contributed by atoms with Gasteiger partial charge < -0.3 is 10.2 Å². The summed E-state index contributed by atoms with van der Waals surface area (Å²) in [5.74, 6) is -0.0327. The molecular weight excluding hydrogens is 367 g/mol. The zero-order valence-electron chi connectivity index (χ0n) is 16.3. The first-order valence-electron chi connectivity index (χ1n) is 9.79. The number of carbonyl (C=O) groups is 1. The highest BCUT2D eigenvalue weighted by molar-refractivity contribution is 5.73. The molecular formula is C23H23FN4O. The van der Waals surface area contributed by atoms with Gasteiger partial charge in [-0.1, -0.05) is 6.07 Å². The molecule has 0 aliphatic carbocycles. The number of piperidine rings is 1. The summed E-state index contributed by atoms with van der Waals surface area (Å²) in [5.41, 5.74) is 4.15. The monoisotopic (exact) mass is 390 g/mol. The average Bonchev–Trinajstić information content (AvgIpc) is 2.74. The van der Waals surface area contributed by atoms with E-state index in [4.69, 9.17) is 4.98 Å². The average molecular weight is 390 g/mol. The number of benzene rings is 1. The van der Waals surface area contributed by atoms with E-state index >= 15 is 0 Å². The van der Waals surface area contributed by atoms with Gasteiger partial charge in [0.05, 0.1) is 5.69 Å². The molecule has 29 heavy (non-hydrogen) atoms. The molecule has 6 heteroatoms. The Balaban J connectivity index is 1.71. The summed E-state index contributed by atoms with van der Waals surface area (Å²) >= 11 is 0. The number of likely N-dealkylation sites (tertiary alicyclic amines) is 1. The highest BCUT2D eigenvalue weighted by Crippen LogP contribution is 2.31. The number of nitrogens with zero attached hydrogens (tertiary/aromatic N) is 3. The van der Waals surface area contributed by atoms with Crippen LogP contribution in [0.5, 0.6) is 0 Å². The number of hydrogen-bond donors (Lipinski definition) is 1. The van der Waals surface area contributed by atoms with E-state index in [-0.39, 0.29) is 17.6 Å². The maximum atomic E-state index is 13.6. The number of carbonyl (C=O) groups excluding carboxylic acids is 1. The maximum absolute atomic E-state index is 13.6. The van der Waals surface area contributed by atoms with Crippen LogP contribution < -0.4 is 5.32 Å². The quantitative estimate of drug-likeness (QED) is 0.698. The van der Waals surface area contributed by atoms with Crippen LogP contribution in [0.25, 0.3) is 11.3 Å². The van der Waals surface area contributed by atoms with E-state index in [0.29, 0.717) is 12.2 Å². The largest absolute Gasteiger partial charge is 0.355 e. The van der Waals surface area contributed by atoms with E-state index in [2.05, 4.69) is 10.3 Å². The van der Waals surface area contributed by atoms with E-state index in [1.165, 1.54) is 12.1 Å². The molecule has 0 radical (unpaired) electrons. The lowest BCUT2D eigenvalue weighted by Gasteiger charge is -2.32. The number of nitrogens with one attached hydrogen (secondary N) is 1. The molecule has 1 aromatic carbocycles. The number of rotatable bonds is 4. The van der Waals surface area contributed by atoms with Gasteiger partial charge in [-0.15, -0.1) is 0 Å². The van der Waals surface area contributed by atoms with Crippen molar-refractivity contribution in [3.63, 3.8) is 0 Å². The van der Waals surface area contributed by atoms with Gasteiger partial charge in [-0.05, 0) is 55.3 Å². The minimum absolute atomic E-state index is 0.0937. The topological polar surface area (TPSA) is 58.1 Å². The SMILES string of the molecule is CC(=O)N1CCCC(c2cc(Nc3cccc(F)c3)cc(-c3cccnc3)n2)C1. The fourth-order valence-corrected chi connectivity index (χ4v) is 3.73.